The van der Waals surface area contributed by atoms with Crippen molar-refractivity contribution in [3.8, 4) is 0 Å². The first-order valence-corrected chi connectivity index (χ1v) is 5.92. The Kier molecular flexibility index (Phi) is 4.18. The highest BCUT2D eigenvalue weighted by Gasteiger charge is 2.10. The molecule has 0 spiro atoms. The molecule has 0 saturated heterocycles. The number of nitrogens with one attached hydrogen (secondary N) is 1. The lowest BCUT2D eigenvalue weighted by atomic mass is 10.3. The highest BCUT2D eigenvalue weighted by Crippen LogP contribution is 1.94. The van der Waals surface area contributed by atoms with Crippen LogP contribution in [0.2, 0.25) is 0 Å². The first-order chi connectivity index (χ1) is 9.20. The van der Waals surface area contributed by atoms with Gasteiger partial charge < -0.3 is 15.6 Å². The minimum Gasteiger partial charge on any atom is -0.350 e. The Morgan fingerprint density at radius 1 is 1.47 bits per heavy atom. The monoisotopic (exact) mass is 264 g/mol. The summed E-state index contributed by atoms with van der Waals surface area (Å²) >= 11 is 0. The molecule has 2 aromatic rings. The van der Waals surface area contributed by atoms with E-state index in [0.29, 0.717) is 26.1 Å². The van der Waals surface area contributed by atoms with Crippen molar-refractivity contribution in [1.82, 2.24) is 35.1 Å². The quantitative estimate of drug-likeness (QED) is 0.645. The van der Waals surface area contributed by atoms with Crippen LogP contribution in [0, 0.1) is 0 Å². The Bertz CT molecular complexity index is 545. The number of nitrogens with zero attached hydrogens (tertiary/aromatic N) is 6. The van der Waals surface area contributed by atoms with Gasteiger partial charge in [0, 0.05) is 26.6 Å². The number of nitrogens with two attached hydrogens (primary N) is 1. The van der Waals surface area contributed by atoms with Gasteiger partial charge in [0.15, 0.2) is 5.69 Å². The average Bonchev–Trinajstić information content (AvgIpc) is 3.00. The number of aromatic nitrogens is 6. The van der Waals surface area contributed by atoms with Gasteiger partial charge in [0.2, 0.25) is 0 Å². The van der Waals surface area contributed by atoms with Crippen LogP contribution in [0.5, 0.6) is 0 Å². The lowest BCUT2D eigenvalue weighted by Gasteiger charge is -2.02. The molecule has 0 aliphatic carbocycles. The van der Waals surface area contributed by atoms with E-state index in [0.717, 1.165) is 5.82 Å². The lowest BCUT2D eigenvalue weighted by Crippen LogP contribution is -2.26. The summed E-state index contributed by atoms with van der Waals surface area (Å²) in [5.74, 6) is 0.553. The van der Waals surface area contributed by atoms with Crippen molar-refractivity contribution in [1.29, 1.82) is 0 Å². The first-order valence-electron chi connectivity index (χ1n) is 5.92. The highest BCUT2D eigenvalue weighted by atomic mass is 16.2. The molecule has 0 bridgehead atoms. The van der Waals surface area contributed by atoms with Crippen LogP contribution >= 0.6 is 0 Å². The van der Waals surface area contributed by atoms with E-state index < -0.39 is 0 Å². The predicted octanol–water partition coefficient (Wildman–Crippen LogP) is -1.66. The van der Waals surface area contributed by atoms with Gasteiger partial charge in [-0.1, -0.05) is 5.21 Å². The molecule has 0 unspecified atom stereocenters. The summed E-state index contributed by atoms with van der Waals surface area (Å²) in [5.41, 5.74) is 5.67. The molecule has 9 heteroatoms. The number of carbonyl (C=O) groups excluding carboxylic acids is 1. The molecule has 102 valence electrons. The molecule has 0 saturated carbocycles. The van der Waals surface area contributed by atoms with E-state index >= 15 is 0 Å². The maximum atomic E-state index is 11.8. The molecule has 2 aromatic heterocycles. The summed E-state index contributed by atoms with van der Waals surface area (Å²) < 4.78 is 3.35. The van der Waals surface area contributed by atoms with Crippen molar-refractivity contribution < 1.29 is 4.79 Å². The van der Waals surface area contributed by atoms with Crippen LogP contribution in [-0.2, 0) is 20.0 Å². The summed E-state index contributed by atoms with van der Waals surface area (Å²) in [5, 5.41) is 18.0. The van der Waals surface area contributed by atoms with E-state index in [1.54, 1.807) is 12.5 Å². The van der Waals surface area contributed by atoms with Crippen LogP contribution < -0.4 is 11.1 Å². The molecule has 0 fully saturated rings. The van der Waals surface area contributed by atoms with E-state index in [-0.39, 0.29) is 11.6 Å². The van der Waals surface area contributed by atoms with Crippen molar-refractivity contribution in [2.24, 2.45) is 12.8 Å². The second-order valence-corrected chi connectivity index (χ2v) is 4.02. The second-order valence-electron chi connectivity index (χ2n) is 4.02. The van der Waals surface area contributed by atoms with Crippen LogP contribution in [-0.4, -0.2) is 48.8 Å². The Balaban J connectivity index is 1.82. The van der Waals surface area contributed by atoms with E-state index in [4.69, 9.17) is 5.73 Å². The van der Waals surface area contributed by atoms with E-state index in [2.05, 4.69) is 25.8 Å². The standard InChI is InChI=1S/C10H16N8O/c1-17-7-13-15-9(17)2-4-12-10(19)8-6-18(5-3-11)16-14-8/h6-7H,2-5,11H2,1H3,(H,12,19). The maximum absolute atomic E-state index is 11.8. The number of hydrogen-bond acceptors (Lipinski definition) is 6. The molecular formula is C10H16N8O. The SMILES string of the molecule is Cn1cnnc1CCNC(=O)c1cn(CCN)nn1. The van der Waals surface area contributed by atoms with E-state index in [9.17, 15) is 4.79 Å². The van der Waals surface area contributed by atoms with Crippen molar-refractivity contribution in [2.75, 3.05) is 13.1 Å². The molecule has 0 radical (unpaired) electrons. The van der Waals surface area contributed by atoms with Crippen LogP contribution in [0.25, 0.3) is 0 Å². The number of hydrogen-bond donors (Lipinski definition) is 2. The van der Waals surface area contributed by atoms with Gasteiger partial charge in [0.1, 0.15) is 12.2 Å². The van der Waals surface area contributed by atoms with Crippen molar-refractivity contribution in [3.05, 3.63) is 24.0 Å². The fourth-order valence-corrected chi connectivity index (χ4v) is 1.56. The highest BCUT2D eigenvalue weighted by molar-refractivity contribution is 5.91. The number of carbonyl (C=O) groups is 1. The lowest BCUT2D eigenvalue weighted by molar-refractivity contribution is 0.0949. The Hall–Kier alpha value is -2.29. The molecule has 9 nitrogen and oxygen atoms in total. The zero-order chi connectivity index (χ0) is 13.7. The normalized spacial score (nSPS) is 10.6. The zero-order valence-corrected chi connectivity index (χ0v) is 10.7. The summed E-state index contributed by atoms with van der Waals surface area (Å²) in [4.78, 5) is 11.8. The molecule has 0 aliphatic heterocycles. The van der Waals surface area contributed by atoms with Gasteiger partial charge in [-0.05, 0) is 0 Å². The maximum Gasteiger partial charge on any atom is 0.273 e. The summed E-state index contributed by atoms with van der Waals surface area (Å²) in [7, 11) is 1.86. The number of amides is 1. The molecular weight excluding hydrogens is 248 g/mol. The molecule has 2 rings (SSSR count). The predicted molar refractivity (Wildman–Crippen MR) is 66.1 cm³/mol. The van der Waals surface area contributed by atoms with Crippen LogP contribution in [0.1, 0.15) is 16.3 Å². The van der Waals surface area contributed by atoms with Gasteiger partial charge in [0.05, 0.1) is 12.7 Å². The van der Waals surface area contributed by atoms with Crippen LogP contribution in [0.15, 0.2) is 12.5 Å². The average molecular weight is 264 g/mol. The topological polar surface area (TPSA) is 117 Å². The molecule has 19 heavy (non-hydrogen) atoms. The zero-order valence-electron chi connectivity index (χ0n) is 10.7. The summed E-state index contributed by atoms with van der Waals surface area (Å²) in [6.07, 6.45) is 3.80. The van der Waals surface area contributed by atoms with Gasteiger partial charge >= 0.3 is 0 Å². The minimum absolute atomic E-state index is 0.259. The summed E-state index contributed by atoms with van der Waals surface area (Å²) in [6, 6.07) is 0. The largest absolute Gasteiger partial charge is 0.350 e. The van der Waals surface area contributed by atoms with Gasteiger partial charge in [-0.25, -0.2) is 0 Å². The fourth-order valence-electron chi connectivity index (χ4n) is 1.56. The van der Waals surface area contributed by atoms with Gasteiger partial charge in [-0.3, -0.25) is 9.48 Å². The van der Waals surface area contributed by atoms with E-state index in [1.807, 2.05) is 11.6 Å². The molecule has 1 amide bonds. The molecule has 2 heterocycles. The Morgan fingerprint density at radius 2 is 2.32 bits per heavy atom. The van der Waals surface area contributed by atoms with E-state index in [1.165, 1.54) is 4.68 Å². The Labute approximate surface area is 109 Å². The van der Waals surface area contributed by atoms with Crippen molar-refractivity contribution in [2.45, 2.75) is 13.0 Å². The van der Waals surface area contributed by atoms with Crippen LogP contribution in [0.4, 0.5) is 0 Å². The molecule has 0 aliphatic rings. The molecule has 3 N–H and O–H groups in total. The fraction of sp³-hybridized carbons (Fsp3) is 0.500. The van der Waals surface area contributed by atoms with Gasteiger partial charge in [-0.15, -0.1) is 15.3 Å². The van der Waals surface area contributed by atoms with Crippen LogP contribution in [0.3, 0.4) is 0 Å². The molecule has 0 atom stereocenters. The van der Waals surface area contributed by atoms with Crippen molar-refractivity contribution in [3.63, 3.8) is 0 Å². The third kappa shape index (κ3) is 3.35. The summed E-state index contributed by atoms with van der Waals surface area (Å²) in [6.45, 7) is 1.46. The van der Waals surface area contributed by atoms with Gasteiger partial charge in [-0.2, -0.15) is 0 Å². The first kappa shape index (κ1) is 13.1. The minimum atomic E-state index is -0.259. The smallest absolute Gasteiger partial charge is 0.273 e. The third-order valence-electron chi connectivity index (χ3n) is 2.57. The van der Waals surface area contributed by atoms with Crippen molar-refractivity contribution >= 4 is 5.91 Å². The molecule has 0 aromatic carbocycles. The number of rotatable bonds is 6. The second kappa shape index (κ2) is 6.05. The third-order valence-corrected chi connectivity index (χ3v) is 2.57. The number of aryl methyl sites for hydroxylation is 1. The van der Waals surface area contributed by atoms with Gasteiger partial charge in [0.25, 0.3) is 5.91 Å². The Morgan fingerprint density at radius 3 is 3.00 bits per heavy atom.